The monoisotopic (exact) mass is 272 g/mol. The van der Waals surface area contributed by atoms with Gasteiger partial charge in [0.05, 0.1) is 5.54 Å². The highest BCUT2D eigenvalue weighted by Crippen LogP contribution is 2.12. The number of nitrogens with two attached hydrogens (primary N) is 1. The number of nitrogens with one attached hydrogen (secondary N) is 1. The molecule has 1 unspecified atom stereocenters. The molecule has 3 N–H and O–H groups in total. The molecule has 5 heteroatoms. The maximum Gasteiger partial charge on any atom is 0.237 e. The first-order valence-electron chi connectivity index (χ1n) is 7.21. The van der Waals surface area contributed by atoms with Crippen molar-refractivity contribution in [3.63, 3.8) is 0 Å². The van der Waals surface area contributed by atoms with Gasteiger partial charge in [0.15, 0.2) is 0 Å². The number of carbonyl (C=O) groups is 1. The summed E-state index contributed by atoms with van der Waals surface area (Å²) >= 11 is 0. The molecule has 0 saturated heterocycles. The fourth-order valence-corrected chi connectivity index (χ4v) is 2.02. The second-order valence-corrected chi connectivity index (χ2v) is 5.69. The molecule has 114 valence electrons. The Kier molecular flexibility index (Phi) is 8.97. The summed E-state index contributed by atoms with van der Waals surface area (Å²) in [4.78, 5) is 16.1. The van der Waals surface area contributed by atoms with E-state index in [1.54, 1.807) is 7.05 Å². The van der Waals surface area contributed by atoms with Crippen LogP contribution in [0.3, 0.4) is 0 Å². The number of hydrogen-bond donors (Lipinski definition) is 2. The Balaban J connectivity index is 4.13. The van der Waals surface area contributed by atoms with Crippen LogP contribution in [0, 0.1) is 0 Å². The molecule has 0 spiro atoms. The van der Waals surface area contributed by atoms with Crippen molar-refractivity contribution in [1.82, 2.24) is 15.1 Å². The lowest BCUT2D eigenvalue weighted by atomic mass is 9.95. The second kappa shape index (κ2) is 9.28. The maximum absolute atomic E-state index is 11.4. The van der Waals surface area contributed by atoms with Crippen LogP contribution in [0.25, 0.3) is 0 Å². The molecule has 0 aliphatic heterocycles. The zero-order valence-electron chi connectivity index (χ0n) is 13.3. The molecule has 0 aromatic rings. The first kappa shape index (κ1) is 18.4. The van der Waals surface area contributed by atoms with Gasteiger partial charge in [0, 0.05) is 13.1 Å². The molecule has 0 aliphatic rings. The van der Waals surface area contributed by atoms with Crippen molar-refractivity contribution in [3.8, 4) is 0 Å². The Morgan fingerprint density at radius 1 is 1.21 bits per heavy atom. The molecule has 0 bridgehead atoms. The quantitative estimate of drug-likeness (QED) is 0.575. The Morgan fingerprint density at radius 2 is 1.84 bits per heavy atom. The van der Waals surface area contributed by atoms with E-state index in [1.165, 1.54) is 0 Å². The zero-order chi connectivity index (χ0) is 14.9. The molecular weight excluding hydrogens is 240 g/mol. The largest absolute Gasteiger partial charge is 0.368 e. The van der Waals surface area contributed by atoms with Crippen LogP contribution < -0.4 is 11.1 Å². The van der Waals surface area contributed by atoms with Crippen molar-refractivity contribution in [2.24, 2.45) is 5.73 Å². The van der Waals surface area contributed by atoms with Crippen LogP contribution in [0.4, 0.5) is 0 Å². The average molecular weight is 272 g/mol. The minimum atomic E-state index is -0.584. The average Bonchev–Trinajstić information content (AvgIpc) is 2.35. The molecule has 0 aromatic carbocycles. The predicted octanol–water partition coefficient (Wildman–Crippen LogP) is 0.504. The number of likely N-dealkylation sites (N-methyl/N-ethyl adjacent to an activating group) is 2. The standard InChI is InChI=1S/C14H32N4O/c1-6-9-18(12-11-17(4)5)10-7-8-14(2,16-3)13(15)19/h16H,6-12H2,1-5H3,(H2,15,19). The molecule has 0 saturated carbocycles. The Morgan fingerprint density at radius 3 is 2.26 bits per heavy atom. The summed E-state index contributed by atoms with van der Waals surface area (Å²) in [5.74, 6) is -0.273. The molecule has 0 aliphatic carbocycles. The van der Waals surface area contributed by atoms with Crippen molar-refractivity contribution < 1.29 is 4.79 Å². The number of amides is 1. The Labute approximate surface area is 118 Å². The van der Waals surface area contributed by atoms with Crippen LogP contribution in [-0.4, -0.2) is 68.6 Å². The van der Waals surface area contributed by atoms with Gasteiger partial charge < -0.3 is 20.9 Å². The van der Waals surface area contributed by atoms with E-state index < -0.39 is 5.54 Å². The van der Waals surface area contributed by atoms with Gasteiger partial charge in [-0.3, -0.25) is 4.79 Å². The van der Waals surface area contributed by atoms with Crippen molar-refractivity contribution in [3.05, 3.63) is 0 Å². The first-order valence-corrected chi connectivity index (χ1v) is 7.21. The summed E-state index contributed by atoms with van der Waals surface area (Å²) in [6.07, 6.45) is 2.92. The van der Waals surface area contributed by atoms with Crippen molar-refractivity contribution in [2.75, 3.05) is 47.3 Å². The van der Waals surface area contributed by atoms with Gasteiger partial charge in [0.25, 0.3) is 0 Å². The van der Waals surface area contributed by atoms with Crippen LogP contribution >= 0.6 is 0 Å². The Bertz CT molecular complexity index is 258. The summed E-state index contributed by atoms with van der Waals surface area (Å²) in [6.45, 7) is 8.35. The van der Waals surface area contributed by atoms with E-state index in [9.17, 15) is 4.79 Å². The summed E-state index contributed by atoms with van der Waals surface area (Å²) in [5.41, 5.74) is 4.85. The van der Waals surface area contributed by atoms with Gasteiger partial charge in [-0.15, -0.1) is 0 Å². The van der Waals surface area contributed by atoms with E-state index in [0.717, 1.165) is 45.4 Å². The number of carbonyl (C=O) groups excluding carboxylic acids is 1. The Hall–Kier alpha value is -0.650. The third kappa shape index (κ3) is 7.50. The highest BCUT2D eigenvalue weighted by molar-refractivity contribution is 5.84. The van der Waals surface area contributed by atoms with Gasteiger partial charge in [-0.25, -0.2) is 0 Å². The van der Waals surface area contributed by atoms with Crippen LogP contribution in [0.5, 0.6) is 0 Å². The van der Waals surface area contributed by atoms with Gasteiger partial charge in [-0.2, -0.15) is 0 Å². The molecule has 0 fully saturated rings. The van der Waals surface area contributed by atoms with Gasteiger partial charge in [0.1, 0.15) is 0 Å². The van der Waals surface area contributed by atoms with Crippen molar-refractivity contribution in [1.29, 1.82) is 0 Å². The summed E-state index contributed by atoms with van der Waals surface area (Å²) in [5, 5.41) is 3.03. The van der Waals surface area contributed by atoms with E-state index in [1.807, 2.05) is 6.92 Å². The SMILES string of the molecule is CCCN(CCCC(C)(NC)C(N)=O)CCN(C)C. The number of rotatable bonds is 11. The summed E-state index contributed by atoms with van der Waals surface area (Å²) < 4.78 is 0. The smallest absolute Gasteiger partial charge is 0.237 e. The topological polar surface area (TPSA) is 61.6 Å². The fraction of sp³-hybridized carbons (Fsp3) is 0.929. The highest BCUT2D eigenvalue weighted by atomic mass is 16.1. The molecule has 1 atom stereocenters. The van der Waals surface area contributed by atoms with Gasteiger partial charge in [-0.1, -0.05) is 6.92 Å². The van der Waals surface area contributed by atoms with Crippen molar-refractivity contribution in [2.45, 2.75) is 38.6 Å². The van der Waals surface area contributed by atoms with Crippen LogP contribution in [0.15, 0.2) is 0 Å². The lowest BCUT2D eigenvalue weighted by molar-refractivity contribution is -0.123. The van der Waals surface area contributed by atoms with Gasteiger partial charge in [0.2, 0.25) is 5.91 Å². The molecule has 0 aromatic heterocycles. The van der Waals surface area contributed by atoms with Crippen LogP contribution in [0.2, 0.25) is 0 Å². The molecule has 19 heavy (non-hydrogen) atoms. The molecule has 0 radical (unpaired) electrons. The maximum atomic E-state index is 11.4. The number of primary amides is 1. The molecule has 5 nitrogen and oxygen atoms in total. The summed E-state index contributed by atoms with van der Waals surface area (Å²) in [7, 11) is 5.98. The van der Waals surface area contributed by atoms with E-state index in [4.69, 9.17) is 5.73 Å². The van der Waals surface area contributed by atoms with E-state index in [-0.39, 0.29) is 5.91 Å². The number of nitrogens with zero attached hydrogens (tertiary/aromatic N) is 2. The van der Waals surface area contributed by atoms with Crippen LogP contribution in [-0.2, 0) is 4.79 Å². The fourth-order valence-electron chi connectivity index (χ4n) is 2.02. The lowest BCUT2D eigenvalue weighted by Gasteiger charge is -2.28. The zero-order valence-corrected chi connectivity index (χ0v) is 13.3. The first-order chi connectivity index (χ1) is 8.85. The highest BCUT2D eigenvalue weighted by Gasteiger charge is 2.28. The number of hydrogen-bond acceptors (Lipinski definition) is 4. The normalized spacial score (nSPS) is 14.9. The third-order valence-corrected chi connectivity index (χ3v) is 3.65. The van der Waals surface area contributed by atoms with Crippen LogP contribution in [0.1, 0.15) is 33.1 Å². The predicted molar refractivity (Wildman–Crippen MR) is 81.2 cm³/mol. The second-order valence-electron chi connectivity index (χ2n) is 5.69. The van der Waals surface area contributed by atoms with Gasteiger partial charge >= 0.3 is 0 Å². The molecule has 1 amide bonds. The molecule has 0 heterocycles. The molecular formula is C14H32N4O. The van der Waals surface area contributed by atoms with E-state index in [2.05, 4.69) is 36.1 Å². The third-order valence-electron chi connectivity index (χ3n) is 3.65. The van der Waals surface area contributed by atoms with E-state index >= 15 is 0 Å². The van der Waals surface area contributed by atoms with Crippen molar-refractivity contribution >= 4 is 5.91 Å². The minimum Gasteiger partial charge on any atom is -0.368 e. The van der Waals surface area contributed by atoms with Gasteiger partial charge in [-0.05, 0) is 60.4 Å². The lowest BCUT2D eigenvalue weighted by Crippen LogP contribution is -2.51. The summed E-state index contributed by atoms with van der Waals surface area (Å²) in [6, 6.07) is 0. The van der Waals surface area contributed by atoms with E-state index in [0.29, 0.717) is 0 Å². The molecule has 0 rings (SSSR count). The minimum absolute atomic E-state index is 0.273.